The number of likely N-dealkylation sites (tertiary alicyclic amines) is 2. The Balaban J connectivity index is 1.32. The predicted octanol–water partition coefficient (Wildman–Crippen LogP) is 2.53. The van der Waals surface area contributed by atoms with Crippen LogP contribution < -0.4 is 5.32 Å². The lowest BCUT2D eigenvalue weighted by atomic mass is 10.0. The molecule has 8 heteroatoms. The minimum absolute atomic E-state index is 0.134. The van der Waals surface area contributed by atoms with Gasteiger partial charge in [0.05, 0.1) is 0 Å². The van der Waals surface area contributed by atoms with Gasteiger partial charge in [-0.05, 0) is 29.5 Å². The lowest BCUT2D eigenvalue weighted by molar-refractivity contribution is -0.114. The van der Waals surface area contributed by atoms with E-state index in [0.717, 1.165) is 37.7 Å². The maximum atomic E-state index is 12.7. The molecule has 3 heterocycles. The molecule has 27 heavy (non-hydrogen) atoms. The van der Waals surface area contributed by atoms with Gasteiger partial charge in [-0.25, -0.2) is 4.79 Å². The van der Waals surface area contributed by atoms with E-state index >= 15 is 0 Å². The summed E-state index contributed by atoms with van der Waals surface area (Å²) >= 11 is 5.95. The molecule has 142 valence electrons. The average Bonchev–Trinajstić information content (AvgIpc) is 3.30. The molecule has 1 aromatic carbocycles. The number of benzene rings is 1. The SMILES string of the molecule is CC(=O)Nc1ccn(C(=O)N2CC3CN(Cc4ccc(Cl)cc4)CC3C2)n1. The van der Waals surface area contributed by atoms with Crippen molar-refractivity contribution in [3.63, 3.8) is 0 Å². The number of halogens is 1. The van der Waals surface area contributed by atoms with Crippen LogP contribution in [0.3, 0.4) is 0 Å². The molecule has 0 saturated carbocycles. The number of amides is 2. The summed E-state index contributed by atoms with van der Waals surface area (Å²) in [5.74, 6) is 1.17. The second-order valence-corrected chi connectivity index (χ2v) is 7.79. The van der Waals surface area contributed by atoms with Crippen molar-refractivity contribution in [3.05, 3.63) is 47.1 Å². The first-order valence-corrected chi connectivity index (χ1v) is 9.45. The Bertz CT molecular complexity index is 836. The minimum atomic E-state index is -0.204. The molecular formula is C19H22ClN5O2. The summed E-state index contributed by atoms with van der Waals surface area (Å²) in [4.78, 5) is 28.1. The Morgan fingerprint density at radius 1 is 1.11 bits per heavy atom. The number of rotatable bonds is 3. The van der Waals surface area contributed by atoms with Gasteiger partial charge in [-0.1, -0.05) is 23.7 Å². The Labute approximate surface area is 162 Å². The van der Waals surface area contributed by atoms with Gasteiger partial charge in [-0.3, -0.25) is 9.69 Å². The van der Waals surface area contributed by atoms with Crippen LogP contribution in [0.4, 0.5) is 10.6 Å². The summed E-state index contributed by atoms with van der Waals surface area (Å²) in [6.07, 6.45) is 1.59. The number of fused-ring (bicyclic) bond motifs is 1. The second kappa shape index (κ2) is 7.32. The van der Waals surface area contributed by atoms with E-state index < -0.39 is 0 Å². The van der Waals surface area contributed by atoms with Crippen LogP contribution in [0.1, 0.15) is 12.5 Å². The highest BCUT2D eigenvalue weighted by Gasteiger charge is 2.41. The van der Waals surface area contributed by atoms with Crippen molar-refractivity contribution < 1.29 is 9.59 Å². The third kappa shape index (κ3) is 3.99. The summed E-state index contributed by atoms with van der Waals surface area (Å²) in [7, 11) is 0. The van der Waals surface area contributed by atoms with Gasteiger partial charge in [0.25, 0.3) is 0 Å². The standard InChI is InChI=1S/C19H22ClN5O2/c1-13(26)21-18-6-7-25(22-18)19(27)24-11-15-9-23(10-16(15)12-24)8-14-2-4-17(20)5-3-14/h2-7,15-16H,8-12H2,1H3,(H,21,22,26). The third-order valence-electron chi connectivity index (χ3n) is 5.24. The van der Waals surface area contributed by atoms with Crippen molar-refractivity contribution in [1.82, 2.24) is 19.6 Å². The molecule has 2 unspecified atom stereocenters. The number of aromatic nitrogens is 2. The highest BCUT2D eigenvalue weighted by molar-refractivity contribution is 6.30. The summed E-state index contributed by atoms with van der Waals surface area (Å²) in [6, 6.07) is 9.48. The third-order valence-corrected chi connectivity index (χ3v) is 5.49. The Morgan fingerprint density at radius 3 is 2.41 bits per heavy atom. The van der Waals surface area contributed by atoms with Crippen LogP contribution in [0.2, 0.25) is 5.02 Å². The van der Waals surface area contributed by atoms with Gasteiger partial charge in [-0.15, -0.1) is 5.10 Å². The first kappa shape index (κ1) is 18.0. The molecule has 2 amide bonds. The van der Waals surface area contributed by atoms with Gasteiger partial charge in [0.15, 0.2) is 5.82 Å². The topological polar surface area (TPSA) is 70.5 Å². The molecule has 2 fully saturated rings. The number of nitrogens with zero attached hydrogens (tertiary/aromatic N) is 4. The summed E-state index contributed by atoms with van der Waals surface area (Å²) in [6.45, 7) is 5.81. The monoisotopic (exact) mass is 387 g/mol. The second-order valence-electron chi connectivity index (χ2n) is 7.35. The first-order chi connectivity index (χ1) is 13.0. The molecule has 0 aliphatic carbocycles. The van der Waals surface area contributed by atoms with E-state index in [9.17, 15) is 9.59 Å². The highest BCUT2D eigenvalue weighted by atomic mass is 35.5. The van der Waals surface area contributed by atoms with Gasteiger partial charge in [0.1, 0.15) is 0 Å². The molecule has 1 aromatic heterocycles. The molecule has 7 nitrogen and oxygen atoms in total. The van der Waals surface area contributed by atoms with Crippen LogP contribution in [-0.4, -0.2) is 57.7 Å². The molecule has 2 saturated heterocycles. The molecule has 0 bridgehead atoms. The zero-order chi connectivity index (χ0) is 19.0. The molecular weight excluding hydrogens is 366 g/mol. The van der Waals surface area contributed by atoms with Gasteiger partial charge in [0.2, 0.25) is 5.91 Å². The van der Waals surface area contributed by atoms with Gasteiger partial charge >= 0.3 is 6.03 Å². The van der Waals surface area contributed by atoms with Crippen LogP contribution in [0.15, 0.2) is 36.5 Å². The summed E-state index contributed by atoms with van der Waals surface area (Å²) < 4.78 is 1.30. The molecule has 2 aromatic rings. The van der Waals surface area contributed by atoms with Crippen molar-refractivity contribution in [1.29, 1.82) is 0 Å². The first-order valence-electron chi connectivity index (χ1n) is 9.07. The number of nitrogens with one attached hydrogen (secondary N) is 1. The van der Waals surface area contributed by atoms with Crippen molar-refractivity contribution in [2.45, 2.75) is 13.5 Å². The van der Waals surface area contributed by atoms with Crippen molar-refractivity contribution in [2.24, 2.45) is 11.8 Å². The van der Waals surface area contributed by atoms with Crippen LogP contribution in [-0.2, 0) is 11.3 Å². The van der Waals surface area contributed by atoms with Gasteiger partial charge in [-0.2, -0.15) is 4.68 Å². The van der Waals surface area contributed by atoms with E-state index in [1.165, 1.54) is 17.2 Å². The van der Waals surface area contributed by atoms with Gasteiger partial charge < -0.3 is 10.2 Å². The average molecular weight is 388 g/mol. The fraction of sp³-hybridized carbons (Fsp3) is 0.421. The highest BCUT2D eigenvalue weighted by Crippen LogP contribution is 2.32. The quantitative estimate of drug-likeness (QED) is 0.878. The normalized spacial score (nSPS) is 22.1. The van der Waals surface area contributed by atoms with Crippen molar-refractivity contribution in [2.75, 3.05) is 31.5 Å². The molecule has 2 atom stereocenters. The van der Waals surface area contributed by atoms with Crippen LogP contribution in [0.5, 0.6) is 0 Å². The fourth-order valence-electron chi connectivity index (χ4n) is 4.05. The number of carbonyl (C=O) groups excluding carboxylic acids is 2. The predicted molar refractivity (Wildman–Crippen MR) is 103 cm³/mol. The zero-order valence-electron chi connectivity index (χ0n) is 15.1. The minimum Gasteiger partial charge on any atom is -0.322 e. The maximum Gasteiger partial charge on any atom is 0.344 e. The Morgan fingerprint density at radius 2 is 1.78 bits per heavy atom. The van der Waals surface area contributed by atoms with Crippen LogP contribution in [0, 0.1) is 11.8 Å². The zero-order valence-corrected chi connectivity index (χ0v) is 15.9. The summed E-state index contributed by atoms with van der Waals surface area (Å²) in [5.41, 5.74) is 1.26. The Hall–Kier alpha value is -2.38. The lowest BCUT2D eigenvalue weighted by Crippen LogP contribution is -2.36. The molecule has 4 rings (SSSR count). The van der Waals surface area contributed by atoms with Crippen LogP contribution >= 0.6 is 11.6 Å². The van der Waals surface area contributed by atoms with E-state index in [4.69, 9.17) is 11.6 Å². The molecule has 2 aliphatic heterocycles. The van der Waals surface area contributed by atoms with Crippen molar-refractivity contribution in [3.8, 4) is 0 Å². The van der Waals surface area contributed by atoms with E-state index in [-0.39, 0.29) is 11.9 Å². The van der Waals surface area contributed by atoms with E-state index in [1.54, 1.807) is 12.3 Å². The number of carbonyl (C=O) groups is 2. The fourth-order valence-corrected chi connectivity index (χ4v) is 4.17. The van der Waals surface area contributed by atoms with E-state index in [0.29, 0.717) is 17.7 Å². The molecule has 1 N–H and O–H groups in total. The van der Waals surface area contributed by atoms with Gasteiger partial charge in [0, 0.05) is 56.9 Å². The molecule has 0 radical (unpaired) electrons. The number of hydrogen-bond donors (Lipinski definition) is 1. The Kier molecular flexibility index (Phi) is 4.88. The number of hydrogen-bond acceptors (Lipinski definition) is 4. The molecule has 2 aliphatic rings. The number of anilines is 1. The smallest absolute Gasteiger partial charge is 0.322 e. The van der Waals surface area contributed by atoms with Crippen molar-refractivity contribution >= 4 is 29.4 Å². The lowest BCUT2D eigenvalue weighted by Gasteiger charge is -2.21. The van der Waals surface area contributed by atoms with Crippen LogP contribution in [0.25, 0.3) is 0 Å². The molecule has 0 spiro atoms. The van der Waals surface area contributed by atoms with E-state index in [2.05, 4.69) is 27.4 Å². The summed E-state index contributed by atoms with van der Waals surface area (Å²) in [5, 5.41) is 7.48. The largest absolute Gasteiger partial charge is 0.344 e. The van der Waals surface area contributed by atoms with E-state index in [1.807, 2.05) is 17.0 Å². The maximum absolute atomic E-state index is 12.7.